The Morgan fingerprint density at radius 1 is 1.00 bits per heavy atom. The Balaban J connectivity index is 0.00000192. The lowest BCUT2D eigenvalue weighted by molar-refractivity contribution is 0.530. The molecule has 0 saturated carbocycles. The smallest absolute Gasteiger partial charge is 0.193 e. The molecule has 0 aliphatic carbocycles. The van der Waals surface area contributed by atoms with Gasteiger partial charge in [0.05, 0.1) is 6.54 Å². The van der Waals surface area contributed by atoms with Crippen LogP contribution in [0.1, 0.15) is 23.5 Å². The average Bonchev–Trinajstić information content (AvgIpc) is 2.98. The zero-order chi connectivity index (χ0) is 15.2. The summed E-state index contributed by atoms with van der Waals surface area (Å²) >= 11 is 0. The lowest BCUT2D eigenvalue weighted by Crippen LogP contribution is -2.36. The van der Waals surface area contributed by atoms with Gasteiger partial charge in [0, 0.05) is 26.1 Å². The molecule has 0 radical (unpaired) electrons. The van der Waals surface area contributed by atoms with Gasteiger partial charge in [-0.05, 0) is 17.5 Å². The van der Waals surface area contributed by atoms with Crippen LogP contribution in [0.25, 0.3) is 0 Å². The standard InChI is InChI=1S/C19H23N3.ClH/c1-22-15-14-21-19(22)20-13-12-18(16-8-4-2-5-9-16)17-10-6-3-7-11-17;/h2-11,18H,12-15H2,1H3,(H,20,21);1H. The summed E-state index contributed by atoms with van der Waals surface area (Å²) in [4.78, 5) is 6.67. The topological polar surface area (TPSA) is 27.6 Å². The zero-order valence-electron chi connectivity index (χ0n) is 13.5. The van der Waals surface area contributed by atoms with Gasteiger partial charge in [-0.2, -0.15) is 0 Å². The summed E-state index contributed by atoms with van der Waals surface area (Å²) in [6.07, 6.45) is 1.06. The van der Waals surface area contributed by atoms with Crippen molar-refractivity contribution in [3.05, 3.63) is 71.8 Å². The molecule has 0 unspecified atom stereocenters. The summed E-state index contributed by atoms with van der Waals surface area (Å²) in [6.45, 7) is 2.85. The monoisotopic (exact) mass is 329 g/mol. The number of hydrogen-bond acceptors (Lipinski definition) is 3. The van der Waals surface area contributed by atoms with Crippen molar-refractivity contribution >= 4 is 18.4 Å². The third-order valence-corrected chi connectivity index (χ3v) is 4.18. The van der Waals surface area contributed by atoms with E-state index in [0.717, 1.165) is 32.0 Å². The van der Waals surface area contributed by atoms with Crippen molar-refractivity contribution in [3.63, 3.8) is 0 Å². The minimum atomic E-state index is 0. The fraction of sp³-hybridized carbons (Fsp3) is 0.316. The van der Waals surface area contributed by atoms with E-state index in [9.17, 15) is 0 Å². The molecule has 4 heteroatoms. The predicted octanol–water partition coefficient (Wildman–Crippen LogP) is 3.52. The molecule has 0 bridgehead atoms. The van der Waals surface area contributed by atoms with Crippen LogP contribution < -0.4 is 5.32 Å². The maximum atomic E-state index is 4.49. The first-order chi connectivity index (χ1) is 10.8. The van der Waals surface area contributed by atoms with E-state index in [4.69, 9.17) is 0 Å². The van der Waals surface area contributed by atoms with E-state index in [2.05, 4.69) is 82.9 Å². The number of benzene rings is 2. The molecule has 1 heterocycles. The number of nitrogens with zero attached hydrogens (tertiary/aromatic N) is 2. The summed E-state index contributed by atoms with van der Waals surface area (Å²) in [5.74, 6) is 1.45. The molecule has 1 aliphatic rings. The van der Waals surface area contributed by atoms with Crippen LogP contribution in [0.2, 0.25) is 0 Å². The minimum absolute atomic E-state index is 0. The summed E-state index contributed by atoms with van der Waals surface area (Å²) < 4.78 is 0. The van der Waals surface area contributed by atoms with E-state index in [1.54, 1.807) is 0 Å². The largest absolute Gasteiger partial charge is 0.356 e. The van der Waals surface area contributed by atoms with Gasteiger partial charge in [0.15, 0.2) is 5.96 Å². The van der Waals surface area contributed by atoms with E-state index < -0.39 is 0 Å². The molecule has 0 spiro atoms. The number of halogens is 1. The number of hydrogen-bond donors (Lipinski definition) is 1. The molecule has 2 aromatic carbocycles. The normalized spacial score (nSPS) is 13.7. The third-order valence-electron chi connectivity index (χ3n) is 4.18. The number of guanidine groups is 1. The maximum Gasteiger partial charge on any atom is 0.193 e. The second-order valence-electron chi connectivity index (χ2n) is 5.72. The van der Waals surface area contributed by atoms with Crippen molar-refractivity contribution in [3.8, 4) is 0 Å². The van der Waals surface area contributed by atoms with Crippen LogP contribution in [0.15, 0.2) is 65.7 Å². The van der Waals surface area contributed by atoms with Gasteiger partial charge in [0.1, 0.15) is 0 Å². The highest BCUT2D eigenvalue weighted by Gasteiger charge is 2.15. The molecule has 3 rings (SSSR count). The van der Waals surface area contributed by atoms with Crippen molar-refractivity contribution in [1.29, 1.82) is 0 Å². The number of aliphatic imine (C=N–C) groups is 1. The highest BCUT2D eigenvalue weighted by atomic mass is 35.5. The van der Waals surface area contributed by atoms with E-state index in [1.807, 2.05) is 0 Å². The van der Waals surface area contributed by atoms with Crippen LogP contribution >= 0.6 is 12.4 Å². The molecule has 1 N–H and O–H groups in total. The van der Waals surface area contributed by atoms with E-state index in [1.165, 1.54) is 11.1 Å². The van der Waals surface area contributed by atoms with Crippen molar-refractivity contribution in [1.82, 2.24) is 10.2 Å². The van der Waals surface area contributed by atoms with Gasteiger partial charge in [-0.1, -0.05) is 60.7 Å². The molecular weight excluding hydrogens is 306 g/mol. The van der Waals surface area contributed by atoms with Crippen LogP contribution in [0.5, 0.6) is 0 Å². The molecule has 0 atom stereocenters. The van der Waals surface area contributed by atoms with E-state index in [-0.39, 0.29) is 12.4 Å². The Bertz CT molecular complexity index is 574. The lowest BCUT2D eigenvalue weighted by atomic mass is 9.88. The highest BCUT2D eigenvalue weighted by Crippen LogP contribution is 2.27. The lowest BCUT2D eigenvalue weighted by Gasteiger charge is -2.20. The minimum Gasteiger partial charge on any atom is -0.356 e. The fourth-order valence-electron chi connectivity index (χ4n) is 2.95. The first-order valence-corrected chi connectivity index (χ1v) is 7.94. The van der Waals surface area contributed by atoms with Crippen LogP contribution in [0, 0.1) is 0 Å². The van der Waals surface area contributed by atoms with Crippen molar-refractivity contribution in [2.75, 3.05) is 26.7 Å². The Kier molecular flexibility index (Phi) is 6.48. The van der Waals surface area contributed by atoms with Crippen molar-refractivity contribution in [2.45, 2.75) is 12.3 Å². The maximum absolute atomic E-state index is 4.49. The Hall–Kier alpha value is -2.00. The number of rotatable bonds is 5. The molecule has 3 nitrogen and oxygen atoms in total. The Morgan fingerprint density at radius 3 is 2.04 bits per heavy atom. The molecule has 2 aromatic rings. The van der Waals surface area contributed by atoms with Crippen molar-refractivity contribution in [2.24, 2.45) is 4.99 Å². The quantitative estimate of drug-likeness (QED) is 0.909. The van der Waals surface area contributed by atoms with Gasteiger partial charge in [-0.3, -0.25) is 4.99 Å². The second kappa shape index (κ2) is 8.59. The van der Waals surface area contributed by atoms with Gasteiger partial charge in [0.2, 0.25) is 0 Å². The fourth-order valence-corrected chi connectivity index (χ4v) is 2.95. The summed E-state index contributed by atoms with van der Waals surface area (Å²) in [5, 5.41) is 3.48. The molecule has 0 fully saturated rings. The first-order valence-electron chi connectivity index (χ1n) is 7.94. The van der Waals surface area contributed by atoms with Crippen LogP contribution in [0.4, 0.5) is 0 Å². The van der Waals surface area contributed by atoms with Gasteiger partial charge in [0.25, 0.3) is 0 Å². The second-order valence-corrected chi connectivity index (χ2v) is 5.72. The molecular formula is C19H24ClN3. The zero-order valence-corrected chi connectivity index (χ0v) is 14.3. The van der Waals surface area contributed by atoms with Gasteiger partial charge in [-0.15, -0.1) is 12.4 Å². The van der Waals surface area contributed by atoms with Crippen LogP contribution in [-0.4, -0.2) is 37.5 Å². The van der Waals surface area contributed by atoms with Crippen LogP contribution in [0.3, 0.4) is 0 Å². The summed E-state index contributed by atoms with van der Waals surface area (Å²) in [6, 6.07) is 21.5. The molecule has 1 aliphatic heterocycles. The van der Waals surface area contributed by atoms with Crippen molar-refractivity contribution < 1.29 is 0 Å². The van der Waals surface area contributed by atoms with Gasteiger partial charge in [-0.25, -0.2) is 0 Å². The molecule has 23 heavy (non-hydrogen) atoms. The molecule has 0 saturated heterocycles. The third kappa shape index (κ3) is 4.49. The summed E-state index contributed by atoms with van der Waals surface area (Å²) in [7, 11) is 2.09. The highest BCUT2D eigenvalue weighted by molar-refractivity contribution is 5.85. The van der Waals surface area contributed by atoms with E-state index in [0.29, 0.717) is 5.92 Å². The molecule has 0 amide bonds. The molecule has 0 aromatic heterocycles. The van der Waals surface area contributed by atoms with Crippen LogP contribution in [-0.2, 0) is 0 Å². The molecule has 122 valence electrons. The SMILES string of the molecule is CN1CCN=C1NCCC(c1ccccc1)c1ccccc1.Cl. The summed E-state index contributed by atoms with van der Waals surface area (Å²) in [5.41, 5.74) is 2.74. The number of likely N-dealkylation sites (N-methyl/N-ethyl adjacent to an activating group) is 1. The average molecular weight is 330 g/mol. The van der Waals surface area contributed by atoms with E-state index >= 15 is 0 Å². The first kappa shape index (κ1) is 17.4. The predicted molar refractivity (Wildman–Crippen MR) is 99.5 cm³/mol. The van der Waals surface area contributed by atoms with Gasteiger partial charge < -0.3 is 10.2 Å². The Morgan fingerprint density at radius 2 is 1.57 bits per heavy atom. The van der Waals surface area contributed by atoms with Gasteiger partial charge >= 0.3 is 0 Å². The Labute approximate surface area is 144 Å². The number of nitrogens with one attached hydrogen (secondary N) is 1.